The zero-order chi connectivity index (χ0) is 21.9. The maximum atomic E-state index is 12.9. The van der Waals surface area contributed by atoms with Crippen LogP contribution in [0.25, 0.3) is 0 Å². The fraction of sp³-hybridized carbons (Fsp3) is 0.421. The number of nitrogens with two attached hydrogens (primary N) is 1. The number of halogens is 4. The summed E-state index contributed by atoms with van der Waals surface area (Å²) in [6, 6.07) is 4.95. The number of amides is 1. The Labute approximate surface area is 179 Å². The Morgan fingerprint density at radius 1 is 1.27 bits per heavy atom. The zero-order valence-electron chi connectivity index (χ0n) is 15.9. The van der Waals surface area contributed by atoms with Crippen LogP contribution in [0.1, 0.15) is 29.9 Å². The van der Waals surface area contributed by atoms with Gasteiger partial charge in [-0.15, -0.1) is 0 Å². The Balaban J connectivity index is 1.75. The van der Waals surface area contributed by atoms with Crippen LogP contribution in [0.3, 0.4) is 0 Å². The Bertz CT molecular complexity index is 887. The Kier molecular flexibility index (Phi) is 6.69. The third-order valence-corrected chi connectivity index (χ3v) is 6.11. The molecular formula is C19H21BrF3N5O2. The molecular weight excluding hydrogens is 467 g/mol. The first-order valence-corrected chi connectivity index (χ1v) is 10.1. The average Bonchev–Trinajstić information content (AvgIpc) is 2.70. The van der Waals surface area contributed by atoms with Crippen molar-refractivity contribution in [2.75, 3.05) is 30.3 Å². The molecule has 7 nitrogen and oxygen atoms in total. The van der Waals surface area contributed by atoms with E-state index in [9.17, 15) is 18.0 Å². The van der Waals surface area contributed by atoms with Gasteiger partial charge in [0.05, 0.1) is 5.56 Å². The lowest BCUT2D eigenvalue weighted by molar-refractivity contribution is -0.137. The van der Waals surface area contributed by atoms with Crippen molar-refractivity contribution >= 4 is 33.7 Å². The van der Waals surface area contributed by atoms with Crippen molar-refractivity contribution in [3.63, 3.8) is 0 Å². The van der Waals surface area contributed by atoms with Crippen LogP contribution in [-0.4, -0.2) is 40.8 Å². The number of anilines is 2. The van der Waals surface area contributed by atoms with Gasteiger partial charge in [-0.25, -0.2) is 14.8 Å². The second kappa shape index (κ2) is 9.07. The number of aromatic nitrogens is 2. The molecule has 2 aromatic rings. The molecule has 4 N–H and O–H groups in total. The number of alkyl halides is 3. The van der Waals surface area contributed by atoms with Gasteiger partial charge in [0.1, 0.15) is 22.4 Å². The predicted octanol–water partition coefficient (Wildman–Crippen LogP) is 4.11. The van der Waals surface area contributed by atoms with Gasteiger partial charge in [-0.2, -0.15) is 13.2 Å². The number of nitrogens with one attached hydrogen (secondary N) is 1. The van der Waals surface area contributed by atoms with E-state index in [2.05, 4.69) is 36.1 Å². The third-order valence-electron chi connectivity index (χ3n) is 5.35. The summed E-state index contributed by atoms with van der Waals surface area (Å²) in [6.07, 6.45) is -2.73. The highest BCUT2D eigenvalue weighted by Crippen LogP contribution is 2.37. The number of rotatable bonds is 5. The van der Waals surface area contributed by atoms with E-state index in [1.54, 1.807) is 0 Å². The average molecular weight is 488 g/mol. The largest absolute Gasteiger partial charge is 0.465 e. The lowest BCUT2D eigenvalue weighted by Crippen LogP contribution is -2.39. The second-order valence-corrected chi connectivity index (χ2v) is 7.93. The maximum Gasteiger partial charge on any atom is 0.416 e. The van der Waals surface area contributed by atoms with Gasteiger partial charge in [0.25, 0.3) is 0 Å². The first kappa shape index (κ1) is 22.1. The van der Waals surface area contributed by atoms with Gasteiger partial charge in [0, 0.05) is 25.6 Å². The van der Waals surface area contributed by atoms with Crippen LogP contribution in [0.4, 0.5) is 29.6 Å². The monoisotopic (exact) mass is 487 g/mol. The highest BCUT2D eigenvalue weighted by molar-refractivity contribution is 9.10. The van der Waals surface area contributed by atoms with Crippen molar-refractivity contribution in [2.45, 2.75) is 24.9 Å². The second-order valence-electron chi connectivity index (χ2n) is 7.13. The van der Waals surface area contributed by atoms with E-state index in [1.165, 1.54) is 18.5 Å². The molecule has 30 heavy (non-hydrogen) atoms. The van der Waals surface area contributed by atoms with E-state index in [0.717, 1.165) is 25.0 Å². The van der Waals surface area contributed by atoms with Gasteiger partial charge in [-0.05, 0) is 52.4 Å². The lowest BCUT2D eigenvalue weighted by Gasteiger charge is -2.37. The summed E-state index contributed by atoms with van der Waals surface area (Å²) in [5.74, 6) is 0.901. The Morgan fingerprint density at radius 3 is 2.47 bits per heavy atom. The minimum absolute atomic E-state index is 0.0998. The molecule has 1 unspecified atom stereocenters. The van der Waals surface area contributed by atoms with Crippen LogP contribution in [0, 0.1) is 5.92 Å². The molecule has 1 aromatic carbocycles. The van der Waals surface area contributed by atoms with Crippen LogP contribution in [0.15, 0.2) is 35.1 Å². The summed E-state index contributed by atoms with van der Waals surface area (Å²) in [6.45, 7) is 1.45. The number of hydrogen-bond donors (Lipinski definition) is 3. The van der Waals surface area contributed by atoms with Crippen LogP contribution in [-0.2, 0) is 6.18 Å². The Morgan fingerprint density at radius 2 is 1.90 bits per heavy atom. The molecule has 2 heterocycles. The van der Waals surface area contributed by atoms with Gasteiger partial charge >= 0.3 is 12.3 Å². The van der Waals surface area contributed by atoms with Gasteiger partial charge in [-0.1, -0.05) is 12.1 Å². The fourth-order valence-corrected chi connectivity index (χ4v) is 4.24. The summed E-state index contributed by atoms with van der Waals surface area (Å²) >= 11 is 3.40. The fourth-order valence-electron chi connectivity index (χ4n) is 3.78. The van der Waals surface area contributed by atoms with Gasteiger partial charge in [0.15, 0.2) is 0 Å². The van der Waals surface area contributed by atoms with E-state index in [4.69, 9.17) is 10.8 Å². The quantitative estimate of drug-likeness (QED) is 0.586. The first-order valence-electron chi connectivity index (χ1n) is 9.31. The van der Waals surface area contributed by atoms with Gasteiger partial charge in [0.2, 0.25) is 0 Å². The van der Waals surface area contributed by atoms with Crippen LogP contribution in [0.2, 0.25) is 0 Å². The molecule has 0 radical (unpaired) electrons. The molecule has 1 amide bonds. The van der Waals surface area contributed by atoms with Crippen molar-refractivity contribution in [3.8, 4) is 0 Å². The van der Waals surface area contributed by atoms with Gasteiger partial charge in [-0.3, -0.25) is 0 Å². The molecule has 3 rings (SSSR count). The minimum Gasteiger partial charge on any atom is -0.465 e. The van der Waals surface area contributed by atoms with Crippen molar-refractivity contribution in [1.82, 2.24) is 15.3 Å². The normalized spacial score (nSPS) is 16.3. The van der Waals surface area contributed by atoms with Crippen molar-refractivity contribution in [2.24, 2.45) is 5.92 Å². The molecule has 1 aliphatic rings. The standard InChI is InChI=1S/C19H21BrF3N5O2/c20-15-16(24)26-10-27-17(15)28-7-5-12(6-8-28)14(9-25-18(29)30)11-1-3-13(4-2-11)19(21,22)23/h1-4,10,12,14,25H,5-9H2,(H,29,30)(H2,24,26,27). The highest BCUT2D eigenvalue weighted by Gasteiger charge is 2.32. The van der Waals surface area contributed by atoms with Crippen molar-refractivity contribution in [3.05, 3.63) is 46.2 Å². The predicted molar refractivity (Wildman–Crippen MR) is 109 cm³/mol. The van der Waals surface area contributed by atoms with Crippen LogP contribution >= 0.6 is 15.9 Å². The minimum atomic E-state index is -4.41. The number of carbonyl (C=O) groups is 1. The molecule has 162 valence electrons. The molecule has 0 saturated carbocycles. The smallest absolute Gasteiger partial charge is 0.416 e. The summed E-state index contributed by atoms with van der Waals surface area (Å²) in [5, 5.41) is 11.4. The van der Waals surface area contributed by atoms with E-state index in [0.29, 0.717) is 34.8 Å². The number of benzene rings is 1. The first-order chi connectivity index (χ1) is 14.2. The van der Waals surface area contributed by atoms with Crippen LogP contribution < -0.4 is 16.0 Å². The number of piperidine rings is 1. The van der Waals surface area contributed by atoms with Crippen molar-refractivity contribution < 1.29 is 23.1 Å². The molecule has 1 atom stereocenters. The molecule has 1 saturated heterocycles. The van der Waals surface area contributed by atoms with Gasteiger partial charge < -0.3 is 21.1 Å². The zero-order valence-corrected chi connectivity index (χ0v) is 17.4. The Hall–Kier alpha value is -2.56. The molecule has 0 aliphatic carbocycles. The van der Waals surface area contributed by atoms with E-state index in [1.807, 2.05) is 0 Å². The molecule has 11 heteroatoms. The molecule has 1 fully saturated rings. The number of nitrogen functional groups attached to an aromatic ring is 1. The summed E-state index contributed by atoms with van der Waals surface area (Å²) in [7, 11) is 0. The molecule has 1 aromatic heterocycles. The summed E-state index contributed by atoms with van der Waals surface area (Å²) in [5.41, 5.74) is 5.78. The molecule has 0 spiro atoms. The number of carboxylic acid groups (broad SMARTS) is 1. The summed E-state index contributed by atoms with van der Waals surface area (Å²) < 4.78 is 39.2. The van der Waals surface area contributed by atoms with Crippen molar-refractivity contribution in [1.29, 1.82) is 0 Å². The van der Waals surface area contributed by atoms with E-state index < -0.39 is 17.8 Å². The van der Waals surface area contributed by atoms with Crippen LogP contribution in [0.5, 0.6) is 0 Å². The topological polar surface area (TPSA) is 104 Å². The lowest BCUT2D eigenvalue weighted by atomic mass is 9.79. The number of hydrogen-bond acceptors (Lipinski definition) is 5. The molecule has 0 bridgehead atoms. The van der Waals surface area contributed by atoms with E-state index >= 15 is 0 Å². The highest BCUT2D eigenvalue weighted by atomic mass is 79.9. The number of nitrogens with zero attached hydrogens (tertiary/aromatic N) is 3. The SMILES string of the molecule is Nc1ncnc(N2CCC(C(CNC(=O)O)c3ccc(C(F)(F)F)cc3)CC2)c1Br. The maximum absolute atomic E-state index is 12.9. The molecule has 1 aliphatic heterocycles. The summed E-state index contributed by atoms with van der Waals surface area (Å²) in [4.78, 5) is 21.3. The van der Waals surface area contributed by atoms with E-state index in [-0.39, 0.29) is 18.4 Å². The third kappa shape index (κ3) is 5.13.